The number of ether oxygens (including phenoxy) is 1. The summed E-state index contributed by atoms with van der Waals surface area (Å²) >= 11 is 1.58. The third kappa shape index (κ3) is 3.37. The Kier molecular flexibility index (Phi) is 4.19. The van der Waals surface area contributed by atoms with Crippen molar-refractivity contribution >= 4 is 11.8 Å². The first-order valence-corrected chi connectivity index (χ1v) is 6.20. The fourth-order valence-electron chi connectivity index (χ4n) is 1.42. The predicted octanol–water partition coefficient (Wildman–Crippen LogP) is 4.31. The Balaban J connectivity index is 3.17. The lowest BCUT2D eigenvalue weighted by Crippen LogP contribution is -2.15. The number of rotatable bonds is 3. The summed E-state index contributed by atoms with van der Waals surface area (Å²) in [4.78, 5) is 1.05. The smallest absolute Gasteiger partial charge is 0.387 e. The highest BCUT2D eigenvalue weighted by Crippen LogP contribution is 2.34. The van der Waals surface area contributed by atoms with Crippen LogP contribution in [-0.2, 0) is 5.41 Å². The van der Waals surface area contributed by atoms with Gasteiger partial charge in [0.2, 0.25) is 0 Å². The summed E-state index contributed by atoms with van der Waals surface area (Å²) in [5.74, 6) is 0.264. The Morgan fingerprint density at radius 2 is 1.88 bits per heavy atom. The molecule has 16 heavy (non-hydrogen) atoms. The van der Waals surface area contributed by atoms with Gasteiger partial charge in [0.05, 0.1) is 0 Å². The minimum absolute atomic E-state index is 0.212. The van der Waals surface area contributed by atoms with Crippen LogP contribution < -0.4 is 4.74 Å². The second-order valence-corrected chi connectivity index (χ2v) is 5.37. The highest BCUT2D eigenvalue weighted by molar-refractivity contribution is 7.98. The van der Waals surface area contributed by atoms with Crippen LogP contribution in [0.15, 0.2) is 23.1 Å². The van der Waals surface area contributed by atoms with Crippen molar-refractivity contribution in [3.05, 3.63) is 23.8 Å². The number of benzene rings is 1. The summed E-state index contributed by atoms with van der Waals surface area (Å²) in [6.45, 7) is 3.15. The van der Waals surface area contributed by atoms with Gasteiger partial charge in [0.25, 0.3) is 0 Å². The predicted molar refractivity (Wildman–Crippen MR) is 63.6 cm³/mol. The number of hydrogen-bond acceptors (Lipinski definition) is 2. The molecule has 0 unspecified atom stereocenters. The van der Waals surface area contributed by atoms with E-state index in [1.807, 2.05) is 33.1 Å². The van der Waals surface area contributed by atoms with E-state index < -0.39 is 6.61 Å². The summed E-state index contributed by atoms with van der Waals surface area (Å²) in [5.41, 5.74) is 0.593. The maximum Gasteiger partial charge on any atom is 0.387 e. The molecule has 0 fully saturated rings. The Morgan fingerprint density at radius 1 is 1.25 bits per heavy atom. The Labute approximate surface area is 99.2 Å². The van der Waals surface area contributed by atoms with E-state index in [1.54, 1.807) is 23.9 Å². The van der Waals surface area contributed by atoms with Crippen molar-refractivity contribution in [1.29, 1.82) is 0 Å². The fourth-order valence-corrected chi connectivity index (χ4v) is 1.86. The lowest BCUT2D eigenvalue weighted by atomic mass is 9.86. The highest BCUT2D eigenvalue weighted by atomic mass is 32.2. The molecule has 0 aromatic heterocycles. The zero-order valence-corrected chi connectivity index (χ0v) is 10.7. The summed E-state index contributed by atoms with van der Waals surface area (Å²) in [6, 6.07) is 5.30. The first-order valence-electron chi connectivity index (χ1n) is 4.98. The maximum absolute atomic E-state index is 12.2. The van der Waals surface area contributed by atoms with Gasteiger partial charge in [-0.15, -0.1) is 11.8 Å². The van der Waals surface area contributed by atoms with Crippen molar-refractivity contribution < 1.29 is 13.5 Å². The van der Waals surface area contributed by atoms with Crippen LogP contribution in [0.4, 0.5) is 8.78 Å². The molecule has 1 rings (SSSR count). The lowest BCUT2D eigenvalue weighted by Gasteiger charge is -2.23. The van der Waals surface area contributed by atoms with Gasteiger partial charge in [-0.05, 0) is 29.9 Å². The molecule has 0 heterocycles. The summed E-state index contributed by atoms with van der Waals surface area (Å²) in [5, 5.41) is 0. The third-order valence-corrected chi connectivity index (χ3v) is 2.94. The van der Waals surface area contributed by atoms with Crippen molar-refractivity contribution in [3.63, 3.8) is 0 Å². The fraction of sp³-hybridized carbons (Fsp3) is 0.500. The highest BCUT2D eigenvalue weighted by Gasteiger charge is 2.21. The largest absolute Gasteiger partial charge is 0.435 e. The molecule has 1 aromatic carbocycles. The average molecular weight is 246 g/mol. The van der Waals surface area contributed by atoms with E-state index in [0.717, 1.165) is 10.5 Å². The second kappa shape index (κ2) is 5.04. The summed E-state index contributed by atoms with van der Waals surface area (Å²) in [6.07, 6.45) is 1.95. The molecule has 4 heteroatoms. The van der Waals surface area contributed by atoms with E-state index in [9.17, 15) is 8.78 Å². The zero-order chi connectivity index (χ0) is 12.3. The van der Waals surface area contributed by atoms with E-state index in [-0.39, 0.29) is 11.2 Å². The van der Waals surface area contributed by atoms with Crippen LogP contribution in [0.2, 0.25) is 0 Å². The molecule has 0 saturated carbocycles. The molecule has 0 aliphatic rings. The molecule has 0 radical (unpaired) electrons. The van der Waals surface area contributed by atoms with Crippen LogP contribution in [0.1, 0.15) is 26.3 Å². The van der Waals surface area contributed by atoms with E-state index in [0.29, 0.717) is 0 Å². The van der Waals surface area contributed by atoms with Crippen molar-refractivity contribution in [2.24, 2.45) is 0 Å². The second-order valence-electron chi connectivity index (χ2n) is 4.49. The van der Waals surface area contributed by atoms with Crippen LogP contribution in [0.25, 0.3) is 0 Å². The van der Waals surface area contributed by atoms with Crippen LogP contribution in [-0.4, -0.2) is 12.9 Å². The van der Waals surface area contributed by atoms with Crippen LogP contribution in [0, 0.1) is 0 Å². The Hall–Kier alpha value is -0.770. The van der Waals surface area contributed by atoms with Crippen LogP contribution >= 0.6 is 11.8 Å². The molecule has 0 aliphatic heterocycles. The van der Waals surface area contributed by atoms with E-state index in [2.05, 4.69) is 4.74 Å². The van der Waals surface area contributed by atoms with E-state index in [1.165, 1.54) is 0 Å². The van der Waals surface area contributed by atoms with Crippen molar-refractivity contribution in [1.82, 2.24) is 0 Å². The van der Waals surface area contributed by atoms with Gasteiger partial charge in [0, 0.05) is 10.5 Å². The minimum Gasteiger partial charge on any atom is -0.435 e. The zero-order valence-electron chi connectivity index (χ0n) is 9.88. The topological polar surface area (TPSA) is 9.23 Å². The molecular formula is C12H16F2OS. The number of thioether (sulfide) groups is 1. The van der Waals surface area contributed by atoms with Gasteiger partial charge in [-0.2, -0.15) is 8.78 Å². The normalized spacial score (nSPS) is 11.9. The molecular weight excluding hydrogens is 230 g/mol. The molecule has 0 atom stereocenters. The van der Waals surface area contributed by atoms with Crippen LogP contribution in [0.3, 0.4) is 0 Å². The van der Waals surface area contributed by atoms with Gasteiger partial charge in [0.15, 0.2) is 0 Å². The SMILES string of the molecule is CSc1ccc(OC(F)F)c(C(C)(C)C)c1. The lowest BCUT2D eigenvalue weighted by molar-refractivity contribution is -0.0509. The Morgan fingerprint density at radius 3 is 2.31 bits per heavy atom. The standard InChI is InChI=1S/C12H16F2OS/c1-12(2,3)9-7-8(16-4)5-6-10(9)15-11(13)14/h5-7,11H,1-4H3. The quantitative estimate of drug-likeness (QED) is 0.735. The van der Waals surface area contributed by atoms with E-state index in [4.69, 9.17) is 0 Å². The minimum atomic E-state index is -2.78. The third-order valence-electron chi connectivity index (χ3n) is 2.21. The molecule has 0 aliphatic carbocycles. The van der Waals surface area contributed by atoms with Gasteiger partial charge in [0.1, 0.15) is 5.75 Å². The summed E-state index contributed by atoms with van der Waals surface area (Å²) < 4.78 is 29.0. The van der Waals surface area contributed by atoms with Gasteiger partial charge >= 0.3 is 6.61 Å². The van der Waals surface area contributed by atoms with E-state index >= 15 is 0 Å². The molecule has 0 amide bonds. The molecule has 0 bridgehead atoms. The first-order chi connectivity index (χ1) is 7.34. The van der Waals surface area contributed by atoms with Crippen molar-refractivity contribution in [2.75, 3.05) is 6.26 Å². The van der Waals surface area contributed by atoms with Crippen molar-refractivity contribution in [2.45, 2.75) is 37.7 Å². The van der Waals surface area contributed by atoms with Gasteiger partial charge in [-0.3, -0.25) is 0 Å². The van der Waals surface area contributed by atoms with Gasteiger partial charge in [-0.25, -0.2) is 0 Å². The number of alkyl halides is 2. The van der Waals surface area contributed by atoms with Gasteiger partial charge < -0.3 is 4.74 Å². The monoisotopic (exact) mass is 246 g/mol. The number of hydrogen-bond donors (Lipinski definition) is 0. The molecule has 0 N–H and O–H groups in total. The molecule has 90 valence electrons. The molecule has 1 aromatic rings. The van der Waals surface area contributed by atoms with Gasteiger partial charge in [-0.1, -0.05) is 20.8 Å². The first kappa shape index (κ1) is 13.3. The van der Waals surface area contributed by atoms with Crippen LogP contribution in [0.5, 0.6) is 5.75 Å². The Bertz CT molecular complexity index is 359. The van der Waals surface area contributed by atoms with Crippen molar-refractivity contribution in [3.8, 4) is 5.75 Å². The average Bonchev–Trinajstić information content (AvgIpc) is 2.15. The number of halogens is 2. The molecule has 1 nitrogen and oxygen atoms in total. The molecule has 0 spiro atoms. The maximum atomic E-state index is 12.2. The summed E-state index contributed by atoms with van der Waals surface area (Å²) in [7, 11) is 0. The molecule has 0 saturated heterocycles.